The van der Waals surface area contributed by atoms with Crippen molar-refractivity contribution < 1.29 is 27.4 Å². The van der Waals surface area contributed by atoms with Crippen LogP contribution in [0, 0.1) is 0 Å². The molecule has 0 unspecified atom stereocenters. The van der Waals surface area contributed by atoms with Gasteiger partial charge < -0.3 is 9.47 Å². The summed E-state index contributed by atoms with van der Waals surface area (Å²) in [5, 5.41) is 0. The number of halogens is 3. The fourth-order valence-corrected chi connectivity index (χ4v) is 1.61. The third-order valence-corrected chi connectivity index (χ3v) is 2.37. The molecule has 0 saturated carbocycles. The number of ketones is 1. The molecule has 92 valence electrons. The highest BCUT2D eigenvalue weighted by Gasteiger charge is 2.36. The van der Waals surface area contributed by atoms with Crippen LogP contribution in [-0.4, -0.2) is 19.0 Å². The van der Waals surface area contributed by atoms with Crippen LogP contribution in [0.5, 0.6) is 11.5 Å². The van der Waals surface area contributed by atoms with Gasteiger partial charge in [-0.2, -0.15) is 13.2 Å². The molecule has 0 fully saturated rings. The maximum absolute atomic E-state index is 12.7. The first-order chi connectivity index (χ1) is 7.89. The van der Waals surface area contributed by atoms with Crippen molar-refractivity contribution in [3.8, 4) is 11.5 Å². The topological polar surface area (TPSA) is 35.5 Å². The molecule has 1 aliphatic heterocycles. The Labute approximate surface area is 95.1 Å². The third-order valence-electron chi connectivity index (χ3n) is 2.37. The van der Waals surface area contributed by atoms with Crippen LogP contribution in [0.4, 0.5) is 13.2 Å². The Morgan fingerprint density at radius 2 is 1.71 bits per heavy atom. The zero-order chi connectivity index (χ0) is 12.6. The number of benzene rings is 1. The Balaban J connectivity index is 2.60. The van der Waals surface area contributed by atoms with Crippen LogP contribution >= 0.6 is 0 Å². The molecule has 1 heterocycles. The fraction of sp³-hybridized carbons (Fsp3) is 0.364. The molecular formula is C11H9F3O3. The summed E-state index contributed by atoms with van der Waals surface area (Å²) >= 11 is 0. The molecular weight excluding hydrogens is 237 g/mol. The molecule has 0 amide bonds. The van der Waals surface area contributed by atoms with Gasteiger partial charge in [0.15, 0.2) is 17.3 Å². The van der Waals surface area contributed by atoms with Gasteiger partial charge in [0.2, 0.25) is 0 Å². The van der Waals surface area contributed by atoms with E-state index in [0.29, 0.717) is 0 Å². The van der Waals surface area contributed by atoms with Gasteiger partial charge in [0.1, 0.15) is 13.2 Å². The van der Waals surface area contributed by atoms with Crippen LogP contribution in [0.25, 0.3) is 0 Å². The smallest absolute Gasteiger partial charge is 0.417 e. The van der Waals surface area contributed by atoms with Crippen molar-refractivity contribution in [2.24, 2.45) is 0 Å². The summed E-state index contributed by atoms with van der Waals surface area (Å²) in [6.07, 6.45) is -4.59. The van der Waals surface area contributed by atoms with Crippen LogP contribution < -0.4 is 9.47 Å². The predicted octanol–water partition coefficient (Wildman–Crippen LogP) is 2.68. The first-order valence-electron chi connectivity index (χ1n) is 4.91. The lowest BCUT2D eigenvalue weighted by Gasteiger charge is -2.21. The standard InChI is InChI=1S/C11H9F3O3/c1-6(15)7-4-9-10(17-3-2-16-9)5-8(7)11(12,13)14/h4-5H,2-3H2,1H3. The van der Waals surface area contributed by atoms with Crippen LogP contribution in [0.3, 0.4) is 0 Å². The normalized spacial score (nSPS) is 14.6. The monoisotopic (exact) mass is 246 g/mol. The largest absolute Gasteiger partial charge is 0.486 e. The van der Waals surface area contributed by atoms with E-state index in [9.17, 15) is 18.0 Å². The van der Waals surface area contributed by atoms with Gasteiger partial charge in [-0.3, -0.25) is 4.79 Å². The molecule has 6 heteroatoms. The number of alkyl halides is 3. The maximum atomic E-state index is 12.7. The molecule has 0 spiro atoms. The molecule has 2 rings (SSSR count). The highest BCUT2D eigenvalue weighted by Crippen LogP contribution is 2.40. The number of rotatable bonds is 1. The van der Waals surface area contributed by atoms with Gasteiger partial charge in [-0.15, -0.1) is 0 Å². The molecule has 0 atom stereocenters. The van der Waals surface area contributed by atoms with Crippen molar-refractivity contribution in [1.82, 2.24) is 0 Å². The van der Waals surface area contributed by atoms with Crippen molar-refractivity contribution in [1.29, 1.82) is 0 Å². The van der Waals surface area contributed by atoms with E-state index in [0.717, 1.165) is 19.1 Å². The highest BCUT2D eigenvalue weighted by atomic mass is 19.4. The number of hydrogen-bond acceptors (Lipinski definition) is 3. The first-order valence-corrected chi connectivity index (χ1v) is 4.91. The molecule has 0 aliphatic carbocycles. The molecule has 3 nitrogen and oxygen atoms in total. The highest BCUT2D eigenvalue weighted by molar-refractivity contribution is 5.96. The van der Waals surface area contributed by atoms with E-state index in [2.05, 4.69) is 0 Å². The second kappa shape index (κ2) is 3.94. The van der Waals surface area contributed by atoms with E-state index < -0.39 is 23.1 Å². The second-order valence-corrected chi connectivity index (χ2v) is 3.60. The van der Waals surface area contributed by atoms with E-state index in [4.69, 9.17) is 9.47 Å². The molecule has 0 bridgehead atoms. The van der Waals surface area contributed by atoms with Crippen molar-refractivity contribution in [3.63, 3.8) is 0 Å². The Morgan fingerprint density at radius 3 is 2.18 bits per heavy atom. The number of hydrogen-bond donors (Lipinski definition) is 0. The lowest BCUT2D eigenvalue weighted by Crippen LogP contribution is -2.18. The maximum Gasteiger partial charge on any atom is 0.417 e. The lowest BCUT2D eigenvalue weighted by molar-refractivity contribution is -0.138. The summed E-state index contributed by atoms with van der Waals surface area (Å²) in [5.41, 5.74) is -1.39. The van der Waals surface area contributed by atoms with Crippen LogP contribution in [0.15, 0.2) is 12.1 Å². The van der Waals surface area contributed by atoms with Gasteiger partial charge >= 0.3 is 6.18 Å². The number of carbonyl (C=O) groups excluding carboxylic acids is 1. The third kappa shape index (κ3) is 2.20. The predicted molar refractivity (Wildman–Crippen MR) is 52.4 cm³/mol. The van der Waals surface area contributed by atoms with Gasteiger partial charge in [-0.05, 0) is 19.1 Å². The summed E-state index contributed by atoms with van der Waals surface area (Å²) in [6, 6.07) is 1.89. The molecule has 0 radical (unpaired) electrons. The zero-order valence-corrected chi connectivity index (χ0v) is 8.93. The fourth-order valence-electron chi connectivity index (χ4n) is 1.61. The van der Waals surface area contributed by atoms with E-state index in [-0.39, 0.29) is 24.7 Å². The minimum Gasteiger partial charge on any atom is -0.486 e. The van der Waals surface area contributed by atoms with Gasteiger partial charge in [-0.1, -0.05) is 0 Å². The average Bonchev–Trinajstić information content (AvgIpc) is 2.26. The van der Waals surface area contributed by atoms with Gasteiger partial charge in [0, 0.05) is 5.56 Å². The van der Waals surface area contributed by atoms with Gasteiger partial charge in [0.05, 0.1) is 5.56 Å². The van der Waals surface area contributed by atoms with Crippen LogP contribution in [0.1, 0.15) is 22.8 Å². The van der Waals surface area contributed by atoms with E-state index in [1.54, 1.807) is 0 Å². The Kier molecular flexibility index (Phi) is 2.73. The van der Waals surface area contributed by atoms with Gasteiger partial charge in [-0.25, -0.2) is 0 Å². The summed E-state index contributed by atoms with van der Waals surface area (Å²) in [5.74, 6) is -0.461. The van der Waals surface area contributed by atoms with Crippen LogP contribution in [-0.2, 0) is 6.18 Å². The van der Waals surface area contributed by atoms with Crippen molar-refractivity contribution in [3.05, 3.63) is 23.3 Å². The Hall–Kier alpha value is -1.72. The average molecular weight is 246 g/mol. The number of Topliss-reactive ketones (excluding diaryl/α,β-unsaturated/α-hetero) is 1. The quantitative estimate of drug-likeness (QED) is 0.714. The van der Waals surface area contributed by atoms with E-state index in [1.807, 2.05) is 0 Å². The molecule has 1 aromatic rings. The SMILES string of the molecule is CC(=O)c1cc2c(cc1C(F)(F)F)OCCO2. The zero-order valence-electron chi connectivity index (χ0n) is 8.93. The minimum absolute atomic E-state index is 0.0218. The first kappa shape index (κ1) is 11.8. The second-order valence-electron chi connectivity index (χ2n) is 3.60. The Bertz CT molecular complexity index is 466. The van der Waals surface area contributed by atoms with Crippen molar-refractivity contribution in [2.75, 3.05) is 13.2 Å². The van der Waals surface area contributed by atoms with E-state index in [1.165, 1.54) is 0 Å². The van der Waals surface area contributed by atoms with Crippen molar-refractivity contribution >= 4 is 5.78 Å². The molecule has 0 N–H and O–H groups in total. The molecule has 1 aliphatic rings. The summed E-state index contributed by atoms with van der Waals surface area (Å²) in [6.45, 7) is 1.54. The summed E-state index contributed by atoms with van der Waals surface area (Å²) in [7, 11) is 0. The summed E-state index contributed by atoms with van der Waals surface area (Å²) in [4.78, 5) is 11.2. The van der Waals surface area contributed by atoms with Crippen molar-refractivity contribution in [2.45, 2.75) is 13.1 Å². The molecule has 17 heavy (non-hydrogen) atoms. The van der Waals surface area contributed by atoms with Crippen LogP contribution in [0.2, 0.25) is 0 Å². The van der Waals surface area contributed by atoms with Gasteiger partial charge in [0.25, 0.3) is 0 Å². The minimum atomic E-state index is -4.59. The Morgan fingerprint density at radius 1 is 1.18 bits per heavy atom. The van der Waals surface area contributed by atoms with E-state index >= 15 is 0 Å². The molecule has 0 aromatic heterocycles. The molecule has 1 aromatic carbocycles. The molecule has 0 saturated heterocycles. The summed E-state index contributed by atoms with van der Waals surface area (Å²) < 4.78 is 48.4. The number of carbonyl (C=O) groups is 1. The number of fused-ring (bicyclic) bond motifs is 1. The number of ether oxygens (including phenoxy) is 2. The lowest BCUT2D eigenvalue weighted by atomic mass is 10.0.